The molecular formula is C16H26FN3. The lowest BCUT2D eigenvalue weighted by Crippen LogP contribution is -2.30. The number of hydrogen-bond acceptors (Lipinski definition) is 3. The van der Waals surface area contributed by atoms with E-state index in [1.54, 1.807) is 12.3 Å². The molecule has 0 aromatic carbocycles. The maximum Gasteiger partial charge on any atom is 0.170 e. The van der Waals surface area contributed by atoms with Gasteiger partial charge in [-0.1, -0.05) is 20.3 Å². The van der Waals surface area contributed by atoms with Crippen molar-refractivity contribution in [2.45, 2.75) is 52.6 Å². The van der Waals surface area contributed by atoms with Crippen molar-refractivity contribution in [2.75, 3.05) is 18.0 Å². The highest BCUT2D eigenvalue weighted by molar-refractivity contribution is 5.43. The smallest absolute Gasteiger partial charge is 0.170 e. The van der Waals surface area contributed by atoms with Crippen LogP contribution in [0.25, 0.3) is 0 Å². The summed E-state index contributed by atoms with van der Waals surface area (Å²) in [6.45, 7) is 8.66. The molecule has 1 aliphatic rings. The van der Waals surface area contributed by atoms with E-state index < -0.39 is 0 Å². The van der Waals surface area contributed by atoms with Crippen LogP contribution in [0.15, 0.2) is 12.3 Å². The average molecular weight is 279 g/mol. The minimum absolute atomic E-state index is 0.161. The average Bonchev–Trinajstić information content (AvgIpc) is 3.28. The molecule has 2 rings (SSSR count). The summed E-state index contributed by atoms with van der Waals surface area (Å²) in [5, 5.41) is 3.36. The fraction of sp³-hybridized carbons (Fsp3) is 0.688. The molecule has 20 heavy (non-hydrogen) atoms. The molecule has 1 N–H and O–H groups in total. The Morgan fingerprint density at radius 2 is 2.20 bits per heavy atom. The van der Waals surface area contributed by atoms with E-state index >= 15 is 0 Å². The molecule has 1 atom stereocenters. The van der Waals surface area contributed by atoms with Crippen LogP contribution in [0.2, 0.25) is 0 Å². The second-order valence-corrected chi connectivity index (χ2v) is 5.81. The van der Waals surface area contributed by atoms with Gasteiger partial charge in [0.05, 0.1) is 0 Å². The van der Waals surface area contributed by atoms with Gasteiger partial charge in [-0.25, -0.2) is 9.37 Å². The zero-order valence-electron chi connectivity index (χ0n) is 12.8. The van der Waals surface area contributed by atoms with Crippen LogP contribution in [0.3, 0.4) is 0 Å². The fourth-order valence-corrected chi connectivity index (χ4v) is 2.24. The normalized spacial score (nSPS) is 16.2. The Bertz CT molecular complexity index is 432. The van der Waals surface area contributed by atoms with Crippen molar-refractivity contribution >= 4 is 5.82 Å². The van der Waals surface area contributed by atoms with Crippen LogP contribution in [0.4, 0.5) is 10.2 Å². The molecule has 1 saturated carbocycles. The van der Waals surface area contributed by atoms with Crippen molar-refractivity contribution in [3.63, 3.8) is 0 Å². The standard InChI is InChI=1S/C16H26FN3/c1-4-12(3)11-20(5-2)16-15(17)13(8-9-18-16)10-19-14-6-7-14/h8-9,12,14,19H,4-7,10-11H2,1-3H3. The summed E-state index contributed by atoms with van der Waals surface area (Å²) in [7, 11) is 0. The molecule has 3 nitrogen and oxygen atoms in total. The molecule has 0 saturated heterocycles. The molecule has 1 aromatic rings. The van der Waals surface area contributed by atoms with Crippen LogP contribution in [-0.4, -0.2) is 24.1 Å². The summed E-state index contributed by atoms with van der Waals surface area (Å²) in [4.78, 5) is 6.31. The number of nitrogens with zero attached hydrogens (tertiary/aromatic N) is 2. The fourth-order valence-electron chi connectivity index (χ4n) is 2.24. The van der Waals surface area contributed by atoms with Crippen LogP contribution in [-0.2, 0) is 6.54 Å². The largest absolute Gasteiger partial charge is 0.354 e. The molecule has 0 aliphatic heterocycles. The summed E-state index contributed by atoms with van der Waals surface area (Å²) in [5.74, 6) is 0.887. The van der Waals surface area contributed by atoms with Crippen molar-refractivity contribution < 1.29 is 4.39 Å². The van der Waals surface area contributed by atoms with Crippen molar-refractivity contribution in [3.05, 3.63) is 23.6 Å². The Morgan fingerprint density at radius 1 is 1.45 bits per heavy atom. The lowest BCUT2D eigenvalue weighted by molar-refractivity contribution is 0.528. The van der Waals surface area contributed by atoms with E-state index in [4.69, 9.17) is 0 Å². The van der Waals surface area contributed by atoms with E-state index in [1.165, 1.54) is 12.8 Å². The molecule has 1 heterocycles. The van der Waals surface area contributed by atoms with Gasteiger partial charge < -0.3 is 10.2 Å². The molecule has 0 radical (unpaired) electrons. The zero-order chi connectivity index (χ0) is 14.5. The van der Waals surface area contributed by atoms with Gasteiger partial charge in [0.25, 0.3) is 0 Å². The second kappa shape index (κ2) is 7.02. The van der Waals surface area contributed by atoms with Crippen LogP contribution in [0, 0.1) is 11.7 Å². The maximum absolute atomic E-state index is 14.6. The summed E-state index contributed by atoms with van der Waals surface area (Å²) in [6.07, 6.45) is 5.26. The lowest BCUT2D eigenvalue weighted by atomic mass is 10.1. The maximum atomic E-state index is 14.6. The first-order valence-corrected chi connectivity index (χ1v) is 7.77. The van der Waals surface area contributed by atoms with E-state index in [0.717, 1.165) is 25.1 Å². The summed E-state index contributed by atoms with van der Waals surface area (Å²) >= 11 is 0. The molecule has 1 fully saturated rings. The van der Waals surface area contributed by atoms with Gasteiger partial charge in [-0.2, -0.15) is 0 Å². The van der Waals surface area contributed by atoms with E-state index in [2.05, 4.69) is 31.1 Å². The monoisotopic (exact) mass is 279 g/mol. The predicted molar refractivity (Wildman–Crippen MR) is 81.4 cm³/mol. The lowest BCUT2D eigenvalue weighted by Gasteiger charge is -2.26. The minimum atomic E-state index is -0.161. The number of aromatic nitrogens is 1. The molecule has 0 spiro atoms. The van der Waals surface area contributed by atoms with Gasteiger partial charge in [0, 0.05) is 37.4 Å². The molecule has 1 unspecified atom stereocenters. The van der Waals surface area contributed by atoms with E-state index in [1.807, 2.05) is 4.90 Å². The Balaban J connectivity index is 2.09. The highest BCUT2D eigenvalue weighted by Crippen LogP contribution is 2.23. The van der Waals surface area contributed by atoms with E-state index in [9.17, 15) is 4.39 Å². The SMILES string of the molecule is CCC(C)CN(CC)c1nccc(CNC2CC2)c1F. The summed E-state index contributed by atoms with van der Waals surface area (Å²) in [6, 6.07) is 2.37. The first-order chi connectivity index (χ1) is 9.65. The van der Waals surface area contributed by atoms with Crippen molar-refractivity contribution in [2.24, 2.45) is 5.92 Å². The highest BCUT2D eigenvalue weighted by atomic mass is 19.1. The number of anilines is 1. The molecule has 1 aromatic heterocycles. The molecular weight excluding hydrogens is 253 g/mol. The zero-order valence-corrected chi connectivity index (χ0v) is 12.8. The van der Waals surface area contributed by atoms with Gasteiger partial charge in [-0.3, -0.25) is 0 Å². The number of nitrogens with one attached hydrogen (secondary N) is 1. The van der Waals surface area contributed by atoms with Gasteiger partial charge >= 0.3 is 0 Å². The third-order valence-corrected chi connectivity index (χ3v) is 4.02. The Morgan fingerprint density at radius 3 is 2.80 bits per heavy atom. The number of halogens is 1. The molecule has 0 bridgehead atoms. The number of rotatable bonds is 8. The third kappa shape index (κ3) is 3.92. The quantitative estimate of drug-likeness (QED) is 0.791. The Hall–Kier alpha value is -1.16. The number of hydrogen-bond donors (Lipinski definition) is 1. The molecule has 1 aliphatic carbocycles. The topological polar surface area (TPSA) is 28.2 Å². The first kappa shape index (κ1) is 15.2. The van der Waals surface area contributed by atoms with Crippen molar-refractivity contribution in [3.8, 4) is 0 Å². The summed E-state index contributed by atoms with van der Waals surface area (Å²) < 4.78 is 14.6. The van der Waals surface area contributed by atoms with Crippen LogP contribution in [0.5, 0.6) is 0 Å². The molecule has 112 valence electrons. The number of pyridine rings is 1. The van der Waals surface area contributed by atoms with Crippen LogP contribution >= 0.6 is 0 Å². The minimum Gasteiger partial charge on any atom is -0.354 e. The Labute approximate surface area is 121 Å². The van der Waals surface area contributed by atoms with Crippen LogP contribution < -0.4 is 10.2 Å². The van der Waals surface area contributed by atoms with Gasteiger partial charge in [0.2, 0.25) is 0 Å². The van der Waals surface area contributed by atoms with Crippen molar-refractivity contribution in [1.29, 1.82) is 0 Å². The third-order valence-electron chi connectivity index (χ3n) is 4.02. The first-order valence-electron chi connectivity index (χ1n) is 7.77. The molecule has 0 amide bonds. The van der Waals surface area contributed by atoms with E-state index in [0.29, 0.717) is 24.3 Å². The van der Waals surface area contributed by atoms with Gasteiger partial charge in [-0.05, 0) is 31.7 Å². The second-order valence-electron chi connectivity index (χ2n) is 5.81. The Kier molecular flexibility index (Phi) is 5.35. The van der Waals surface area contributed by atoms with Gasteiger partial charge in [0.15, 0.2) is 11.6 Å². The van der Waals surface area contributed by atoms with Crippen LogP contribution in [0.1, 0.15) is 45.6 Å². The van der Waals surface area contributed by atoms with E-state index in [-0.39, 0.29) is 5.82 Å². The van der Waals surface area contributed by atoms with Gasteiger partial charge in [0.1, 0.15) is 0 Å². The predicted octanol–water partition coefficient (Wildman–Crippen LogP) is 3.35. The van der Waals surface area contributed by atoms with Crippen molar-refractivity contribution in [1.82, 2.24) is 10.3 Å². The van der Waals surface area contributed by atoms with Gasteiger partial charge in [-0.15, -0.1) is 0 Å². The summed E-state index contributed by atoms with van der Waals surface area (Å²) in [5.41, 5.74) is 0.726. The molecule has 4 heteroatoms. The highest BCUT2D eigenvalue weighted by Gasteiger charge is 2.22.